The van der Waals surface area contributed by atoms with E-state index in [1.54, 1.807) is 27.4 Å². The van der Waals surface area contributed by atoms with Gasteiger partial charge in [0.25, 0.3) is 0 Å². The Morgan fingerprint density at radius 2 is 1.94 bits per heavy atom. The molecule has 8 nitrogen and oxygen atoms in total. The normalized spacial score (nSPS) is 11.1. The summed E-state index contributed by atoms with van der Waals surface area (Å²) >= 11 is 12.0. The zero-order valence-corrected chi connectivity index (χ0v) is 18.9. The van der Waals surface area contributed by atoms with Crippen molar-refractivity contribution in [3.05, 3.63) is 88.6 Å². The van der Waals surface area contributed by atoms with E-state index in [0.29, 0.717) is 27.2 Å². The van der Waals surface area contributed by atoms with Crippen molar-refractivity contribution in [2.75, 3.05) is 5.32 Å². The highest BCUT2D eigenvalue weighted by atomic mass is 35.5. The number of hydrogen-bond donors (Lipinski definition) is 1. The van der Waals surface area contributed by atoms with Gasteiger partial charge in [-0.2, -0.15) is 10.2 Å². The van der Waals surface area contributed by atoms with E-state index in [4.69, 9.17) is 23.2 Å². The summed E-state index contributed by atoms with van der Waals surface area (Å²) in [5.41, 5.74) is 4.39. The number of benzene rings is 1. The third-order valence-corrected chi connectivity index (χ3v) is 5.70. The lowest BCUT2D eigenvalue weighted by atomic mass is 10.1. The van der Waals surface area contributed by atoms with E-state index in [1.807, 2.05) is 49.5 Å². The molecule has 1 N–H and O–H groups in total. The first kappa shape index (κ1) is 21.1. The van der Waals surface area contributed by atoms with Gasteiger partial charge in [-0.05, 0) is 55.5 Å². The quantitative estimate of drug-likeness (QED) is 0.393. The van der Waals surface area contributed by atoms with E-state index in [0.717, 1.165) is 22.6 Å². The van der Waals surface area contributed by atoms with Crippen LogP contribution in [0.5, 0.6) is 0 Å². The molecule has 33 heavy (non-hydrogen) atoms. The topological polar surface area (TPSA) is 90.0 Å². The zero-order valence-electron chi connectivity index (χ0n) is 17.4. The Morgan fingerprint density at radius 1 is 1.06 bits per heavy atom. The van der Waals surface area contributed by atoms with Gasteiger partial charge in [-0.3, -0.25) is 4.79 Å². The Morgan fingerprint density at radius 3 is 2.76 bits per heavy atom. The van der Waals surface area contributed by atoms with E-state index >= 15 is 0 Å². The van der Waals surface area contributed by atoms with Crippen LogP contribution in [0.15, 0.2) is 67.1 Å². The maximum absolute atomic E-state index is 12.7. The number of hydrogen-bond acceptors (Lipinski definition) is 5. The predicted molar refractivity (Wildman–Crippen MR) is 127 cm³/mol. The summed E-state index contributed by atoms with van der Waals surface area (Å²) in [5, 5.41) is 12.5. The molecule has 0 bridgehead atoms. The number of nitrogens with one attached hydrogen (secondary N) is 1. The molecule has 1 amide bonds. The van der Waals surface area contributed by atoms with Crippen LogP contribution in [-0.4, -0.2) is 35.3 Å². The SMILES string of the molecule is Cc1cccc(-n2nc(CC(=O)Nc3ccc(Cl)c(Cl)c3)cc2-c2ccc3ncnn3c2)n1. The third-order valence-electron chi connectivity index (χ3n) is 4.97. The maximum atomic E-state index is 12.7. The highest BCUT2D eigenvalue weighted by Crippen LogP contribution is 2.26. The van der Waals surface area contributed by atoms with E-state index in [9.17, 15) is 4.79 Å². The highest BCUT2D eigenvalue weighted by Gasteiger charge is 2.16. The Hall–Kier alpha value is -3.75. The number of carbonyl (C=O) groups excluding carboxylic acids is 1. The molecule has 0 unspecified atom stereocenters. The number of aryl methyl sites for hydroxylation is 1. The Kier molecular flexibility index (Phi) is 5.53. The van der Waals surface area contributed by atoms with Gasteiger partial charge in [0.2, 0.25) is 5.91 Å². The van der Waals surface area contributed by atoms with E-state index in [1.165, 1.54) is 6.33 Å². The first-order valence-corrected chi connectivity index (χ1v) is 10.8. The van der Waals surface area contributed by atoms with E-state index < -0.39 is 0 Å². The second-order valence-corrected chi connectivity index (χ2v) is 8.22. The molecule has 0 radical (unpaired) electrons. The average Bonchev–Trinajstić information content (AvgIpc) is 3.42. The molecule has 10 heteroatoms. The van der Waals surface area contributed by atoms with Gasteiger partial charge in [-0.1, -0.05) is 29.3 Å². The minimum Gasteiger partial charge on any atom is -0.326 e. The summed E-state index contributed by atoms with van der Waals surface area (Å²) < 4.78 is 3.42. The fourth-order valence-corrected chi connectivity index (χ4v) is 3.75. The predicted octanol–water partition coefficient (Wildman–Crippen LogP) is 4.77. The zero-order chi connectivity index (χ0) is 22.9. The molecular weight excluding hydrogens is 461 g/mol. The maximum Gasteiger partial charge on any atom is 0.230 e. The molecule has 164 valence electrons. The van der Waals surface area contributed by atoms with Gasteiger partial charge < -0.3 is 5.32 Å². The van der Waals surface area contributed by atoms with Crippen LogP contribution in [0.1, 0.15) is 11.4 Å². The summed E-state index contributed by atoms with van der Waals surface area (Å²) in [4.78, 5) is 21.5. The summed E-state index contributed by atoms with van der Waals surface area (Å²) in [6.07, 6.45) is 3.43. The molecule has 0 atom stereocenters. The number of rotatable bonds is 5. The van der Waals surface area contributed by atoms with Crippen molar-refractivity contribution in [3.8, 4) is 17.1 Å². The molecule has 0 aliphatic carbocycles. The van der Waals surface area contributed by atoms with Crippen molar-refractivity contribution >= 4 is 40.4 Å². The summed E-state index contributed by atoms with van der Waals surface area (Å²) in [6.45, 7) is 1.92. The minimum absolute atomic E-state index is 0.0671. The molecule has 4 heterocycles. The molecular formula is C23H17Cl2N7O. The van der Waals surface area contributed by atoms with Gasteiger partial charge in [0.1, 0.15) is 6.33 Å². The number of carbonyl (C=O) groups is 1. The molecule has 1 aromatic carbocycles. The van der Waals surface area contributed by atoms with Gasteiger partial charge in [-0.15, -0.1) is 0 Å². The average molecular weight is 478 g/mol. The lowest BCUT2D eigenvalue weighted by Crippen LogP contribution is -2.15. The number of nitrogens with zero attached hydrogens (tertiary/aromatic N) is 6. The van der Waals surface area contributed by atoms with Crippen molar-refractivity contribution in [3.63, 3.8) is 0 Å². The van der Waals surface area contributed by atoms with Crippen LogP contribution in [-0.2, 0) is 11.2 Å². The van der Waals surface area contributed by atoms with Crippen molar-refractivity contribution < 1.29 is 4.79 Å². The number of pyridine rings is 2. The van der Waals surface area contributed by atoms with Crippen LogP contribution in [0.4, 0.5) is 5.69 Å². The second kappa shape index (κ2) is 8.65. The van der Waals surface area contributed by atoms with Crippen molar-refractivity contribution in [2.45, 2.75) is 13.3 Å². The number of fused-ring (bicyclic) bond motifs is 1. The smallest absolute Gasteiger partial charge is 0.230 e. The standard InChI is InChI=1S/C23H17Cl2N7O/c1-14-3-2-4-22(28-14)32-20(15-5-8-21-26-13-27-31(21)12-15)10-17(30-32)11-23(33)29-16-6-7-18(24)19(25)9-16/h2-10,12-13H,11H2,1H3,(H,29,33). The van der Waals surface area contributed by atoms with Crippen LogP contribution in [0.2, 0.25) is 10.0 Å². The van der Waals surface area contributed by atoms with Gasteiger partial charge in [-0.25, -0.2) is 19.2 Å². The van der Waals surface area contributed by atoms with Crippen LogP contribution in [0.25, 0.3) is 22.7 Å². The third kappa shape index (κ3) is 4.44. The highest BCUT2D eigenvalue weighted by molar-refractivity contribution is 6.42. The van der Waals surface area contributed by atoms with Crippen LogP contribution in [0.3, 0.4) is 0 Å². The number of amides is 1. The number of anilines is 1. The molecule has 4 aromatic heterocycles. The van der Waals surface area contributed by atoms with E-state index in [2.05, 4.69) is 25.5 Å². The van der Waals surface area contributed by atoms with Gasteiger partial charge in [0.15, 0.2) is 11.5 Å². The van der Waals surface area contributed by atoms with Crippen molar-refractivity contribution in [2.24, 2.45) is 0 Å². The van der Waals surface area contributed by atoms with Crippen LogP contribution >= 0.6 is 23.2 Å². The minimum atomic E-state index is -0.228. The largest absolute Gasteiger partial charge is 0.326 e. The molecule has 0 saturated carbocycles. The van der Waals surface area contributed by atoms with Gasteiger partial charge in [0, 0.05) is 23.1 Å². The fraction of sp³-hybridized carbons (Fsp3) is 0.0870. The summed E-state index contributed by atoms with van der Waals surface area (Å²) in [6, 6.07) is 16.3. The second-order valence-electron chi connectivity index (χ2n) is 7.40. The lowest BCUT2D eigenvalue weighted by molar-refractivity contribution is -0.115. The molecule has 0 aliphatic heterocycles. The van der Waals surface area contributed by atoms with Gasteiger partial charge >= 0.3 is 0 Å². The Labute approximate surface area is 198 Å². The molecule has 5 rings (SSSR count). The Balaban J connectivity index is 1.49. The molecule has 0 aliphatic rings. The van der Waals surface area contributed by atoms with Crippen LogP contribution < -0.4 is 5.32 Å². The van der Waals surface area contributed by atoms with Crippen LogP contribution in [0, 0.1) is 6.92 Å². The molecule has 5 aromatic rings. The number of halogens is 2. The Bertz CT molecular complexity index is 1490. The lowest BCUT2D eigenvalue weighted by Gasteiger charge is -2.07. The first-order chi connectivity index (χ1) is 16.0. The molecule has 0 saturated heterocycles. The monoisotopic (exact) mass is 477 g/mol. The summed E-state index contributed by atoms with van der Waals surface area (Å²) in [7, 11) is 0. The van der Waals surface area contributed by atoms with Crippen molar-refractivity contribution in [1.29, 1.82) is 0 Å². The number of aromatic nitrogens is 6. The fourth-order valence-electron chi connectivity index (χ4n) is 3.46. The van der Waals surface area contributed by atoms with Crippen molar-refractivity contribution in [1.82, 2.24) is 29.4 Å². The molecule has 0 fully saturated rings. The van der Waals surface area contributed by atoms with Gasteiger partial charge in [0.05, 0.1) is 27.9 Å². The first-order valence-electron chi connectivity index (χ1n) is 10.0. The van der Waals surface area contributed by atoms with E-state index in [-0.39, 0.29) is 12.3 Å². The molecule has 0 spiro atoms. The summed E-state index contributed by atoms with van der Waals surface area (Å²) in [5.74, 6) is 0.424.